The van der Waals surface area contributed by atoms with Gasteiger partial charge in [-0.1, -0.05) is 25.1 Å². The van der Waals surface area contributed by atoms with E-state index in [2.05, 4.69) is 4.99 Å². The van der Waals surface area contributed by atoms with E-state index in [1.807, 2.05) is 19.9 Å². The van der Waals surface area contributed by atoms with E-state index in [0.717, 1.165) is 20.7 Å². The molecule has 184 valence electrons. The van der Waals surface area contributed by atoms with Gasteiger partial charge in [-0.2, -0.15) is 0 Å². The van der Waals surface area contributed by atoms with E-state index in [9.17, 15) is 23.0 Å². The van der Waals surface area contributed by atoms with Gasteiger partial charge in [0.1, 0.15) is 5.78 Å². The molecule has 6 nitrogen and oxygen atoms in total. The number of nitrogens with zero attached hydrogens (tertiary/aromatic N) is 3. The lowest BCUT2D eigenvalue weighted by Gasteiger charge is -2.23. The van der Waals surface area contributed by atoms with E-state index >= 15 is 0 Å². The summed E-state index contributed by atoms with van der Waals surface area (Å²) >= 11 is 0. The molecule has 0 saturated heterocycles. The Balaban J connectivity index is 1.97. The van der Waals surface area contributed by atoms with Gasteiger partial charge in [-0.05, 0) is 57.0 Å². The highest BCUT2D eigenvalue weighted by atomic mass is 19.2. The van der Waals surface area contributed by atoms with E-state index < -0.39 is 19.2 Å². The van der Waals surface area contributed by atoms with Crippen LogP contribution < -0.4 is 4.90 Å². The number of hydrogen-bond acceptors (Lipinski definition) is 4. The molecule has 0 fully saturated rings. The zero-order valence-corrected chi connectivity index (χ0v) is 20.9. The first-order valence-corrected chi connectivity index (χ1v) is 11.7. The lowest BCUT2D eigenvalue weighted by Crippen LogP contribution is -2.32. The normalized spacial score (nSPS) is 16.9. The summed E-state index contributed by atoms with van der Waals surface area (Å²) in [5.74, 6) is -1.32. The summed E-state index contributed by atoms with van der Waals surface area (Å²) in [6.45, 7) is 8.71. The van der Waals surface area contributed by atoms with Crippen LogP contribution >= 0.6 is 0 Å². The number of aryl methyl sites for hydroxylation is 2. The van der Waals surface area contributed by atoms with Gasteiger partial charge in [0, 0.05) is 52.7 Å². The highest BCUT2D eigenvalue weighted by molar-refractivity contribution is 6.41. The van der Waals surface area contributed by atoms with Crippen molar-refractivity contribution in [3.05, 3.63) is 81.8 Å². The van der Waals surface area contributed by atoms with E-state index in [0.29, 0.717) is 28.1 Å². The molecule has 1 aromatic carbocycles. The van der Waals surface area contributed by atoms with Gasteiger partial charge >= 0.3 is 7.40 Å². The number of imide groups is 1. The van der Waals surface area contributed by atoms with Crippen molar-refractivity contribution in [1.29, 1.82) is 0 Å². The van der Waals surface area contributed by atoms with Crippen molar-refractivity contribution in [2.75, 3.05) is 4.90 Å². The summed E-state index contributed by atoms with van der Waals surface area (Å²) < 4.78 is 29.5. The number of benzene rings is 1. The zero-order valence-electron chi connectivity index (χ0n) is 20.9. The molecular formula is C27H26BF2N3O3. The van der Waals surface area contributed by atoms with E-state index in [1.54, 1.807) is 51.1 Å². The second kappa shape index (κ2) is 9.64. The minimum Gasteiger partial charge on any atom is -0.329 e. The molecule has 2 aliphatic rings. The number of anilines is 1. The average molecular weight is 489 g/mol. The Morgan fingerprint density at radius 2 is 1.75 bits per heavy atom. The van der Waals surface area contributed by atoms with Crippen LogP contribution in [-0.2, 0) is 14.4 Å². The maximum absolute atomic E-state index is 14.3. The molecule has 0 unspecified atom stereocenters. The van der Waals surface area contributed by atoms with Gasteiger partial charge in [0.05, 0.1) is 11.4 Å². The van der Waals surface area contributed by atoms with Crippen LogP contribution in [0, 0.1) is 13.8 Å². The van der Waals surface area contributed by atoms with Crippen LogP contribution in [0.1, 0.15) is 56.1 Å². The van der Waals surface area contributed by atoms with E-state index in [1.165, 1.54) is 6.08 Å². The van der Waals surface area contributed by atoms with Gasteiger partial charge in [0.2, 0.25) is 0 Å². The Kier molecular flexibility index (Phi) is 6.76. The number of carbonyl (C=O) groups is 3. The monoisotopic (exact) mass is 489 g/mol. The predicted octanol–water partition coefficient (Wildman–Crippen LogP) is 5.23. The minimum absolute atomic E-state index is 0.115. The number of ketones is 1. The summed E-state index contributed by atoms with van der Waals surface area (Å²) in [5.41, 5.74) is 4.44. The van der Waals surface area contributed by atoms with Gasteiger partial charge in [-0.3, -0.25) is 28.0 Å². The first-order chi connectivity index (χ1) is 17.0. The number of halogens is 2. The molecule has 2 amide bonds. The Morgan fingerprint density at radius 3 is 2.36 bits per heavy atom. The van der Waals surface area contributed by atoms with Crippen LogP contribution in [0.2, 0.25) is 0 Å². The lowest BCUT2D eigenvalue weighted by atomic mass is 9.93. The van der Waals surface area contributed by atoms with Crippen molar-refractivity contribution in [1.82, 2.24) is 4.48 Å². The van der Waals surface area contributed by atoms with Gasteiger partial charge < -0.3 is 4.48 Å². The van der Waals surface area contributed by atoms with Crippen molar-refractivity contribution in [3.63, 3.8) is 0 Å². The van der Waals surface area contributed by atoms with Crippen molar-refractivity contribution < 1.29 is 23.0 Å². The topological polar surface area (TPSA) is 71.7 Å². The highest BCUT2D eigenvalue weighted by Crippen LogP contribution is 2.41. The van der Waals surface area contributed by atoms with Crippen LogP contribution in [-0.4, -0.2) is 35.2 Å². The molecule has 0 aliphatic carbocycles. The molecule has 0 bridgehead atoms. The summed E-state index contributed by atoms with van der Waals surface area (Å²) in [5, 5.41) is 0. The zero-order chi connectivity index (χ0) is 26.3. The number of carbonyl (C=O) groups excluding carboxylic acids is 3. The van der Waals surface area contributed by atoms with Gasteiger partial charge in [-0.15, -0.1) is 0 Å². The first kappa shape index (κ1) is 25.2. The van der Waals surface area contributed by atoms with Crippen molar-refractivity contribution in [2.45, 2.75) is 47.5 Å². The van der Waals surface area contributed by atoms with Crippen LogP contribution in [0.4, 0.5) is 14.3 Å². The fourth-order valence-electron chi connectivity index (χ4n) is 4.78. The molecule has 36 heavy (non-hydrogen) atoms. The highest BCUT2D eigenvalue weighted by Gasteiger charge is 2.36. The molecule has 0 saturated carbocycles. The Morgan fingerprint density at radius 1 is 1.06 bits per heavy atom. The second-order valence-corrected chi connectivity index (χ2v) is 9.00. The van der Waals surface area contributed by atoms with Crippen molar-refractivity contribution >= 4 is 42.0 Å². The summed E-state index contributed by atoms with van der Waals surface area (Å²) in [6.07, 6.45) is 3.15. The fourth-order valence-corrected chi connectivity index (χ4v) is 4.78. The maximum atomic E-state index is 14.3. The number of para-hydroxylation sites is 1. The second-order valence-electron chi connectivity index (χ2n) is 9.00. The Bertz CT molecular complexity index is 1430. The molecule has 0 spiro atoms. The van der Waals surface area contributed by atoms with Gasteiger partial charge in [0.25, 0.3) is 11.8 Å². The average Bonchev–Trinajstić information content (AvgIpc) is 3.40. The minimum atomic E-state index is -2.81. The van der Waals surface area contributed by atoms with Crippen LogP contribution in [0.15, 0.2) is 64.3 Å². The summed E-state index contributed by atoms with van der Waals surface area (Å²) in [7, 11) is -2.81. The number of rotatable bonds is 7. The third-order valence-electron chi connectivity index (χ3n) is 6.37. The lowest BCUT2D eigenvalue weighted by molar-refractivity contribution is -0.122. The standard InChI is InChI=1S/C27H26BF2N3O3/c1-6-20(34)13-19-14-23(35)32(27(19)36)22-10-8-7-9-21(22)24(25-15(2)11-17(4)31-25)26-16(3)12-18(5)33(26)28(29)30/h7-12,14H,6,13H2,1-5H3/b25-24-. The van der Waals surface area contributed by atoms with Crippen molar-refractivity contribution in [3.8, 4) is 0 Å². The summed E-state index contributed by atoms with van der Waals surface area (Å²) in [6, 6.07) is 8.38. The molecule has 2 aromatic rings. The Hall–Kier alpha value is -3.88. The van der Waals surface area contributed by atoms with Gasteiger partial charge in [0.15, 0.2) is 0 Å². The number of hydrogen-bond donors (Lipinski definition) is 0. The smallest absolute Gasteiger partial charge is 0.329 e. The maximum Gasteiger partial charge on any atom is 0.677 e. The number of aliphatic imine (C=N–C) groups is 1. The number of aromatic nitrogens is 1. The molecule has 1 aromatic heterocycles. The number of Topliss-reactive ketones (excluding diaryl/α,β-unsaturated/α-hetero) is 1. The predicted molar refractivity (Wildman–Crippen MR) is 137 cm³/mol. The third-order valence-corrected chi connectivity index (χ3v) is 6.37. The molecule has 3 heterocycles. The first-order valence-electron chi connectivity index (χ1n) is 11.7. The van der Waals surface area contributed by atoms with Crippen LogP contribution in [0.5, 0.6) is 0 Å². The van der Waals surface area contributed by atoms with Gasteiger partial charge in [-0.25, -0.2) is 4.90 Å². The van der Waals surface area contributed by atoms with E-state index in [4.69, 9.17) is 0 Å². The van der Waals surface area contributed by atoms with Crippen LogP contribution in [0.25, 0.3) is 5.57 Å². The molecular weight excluding hydrogens is 463 g/mol. The van der Waals surface area contributed by atoms with E-state index in [-0.39, 0.29) is 35.6 Å². The molecule has 0 radical (unpaired) electrons. The number of allylic oxidation sites excluding steroid dienone is 2. The largest absolute Gasteiger partial charge is 0.677 e. The molecule has 9 heteroatoms. The third kappa shape index (κ3) is 4.30. The Labute approximate surface area is 208 Å². The van der Waals surface area contributed by atoms with Crippen molar-refractivity contribution in [2.24, 2.45) is 4.99 Å². The molecule has 0 N–H and O–H groups in total. The van der Waals surface area contributed by atoms with Crippen LogP contribution in [0.3, 0.4) is 0 Å². The number of amides is 2. The molecule has 4 rings (SSSR count). The molecule has 2 aliphatic heterocycles. The summed E-state index contributed by atoms with van der Waals surface area (Å²) in [4.78, 5) is 43.9. The SMILES string of the molecule is CCC(=O)CC1=CC(=O)N(c2ccccc2/C(=C2/N=C(C)C=C2C)c2c(C)cc(C)n2B(F)F)C1=O. The molecule has 0 atom stereocenters. The quantitative estimate of drug-likeness (QED) is 0.395. The fraction of sp³-hybridized carbons (Fsp3) is 0.259.